The highest BCUT2D eigenvalue weighted by Gasteiger charge is 2.23. The smallest absolute Gasteiger partial charge is 0.224 e. The van der Waals surface area contributed by atoms with Gasteiger partial charge in [0.1, 0.15) is 0 Å². The Morgan fingerprint density at radius 2 is 1.62 bits per heavy atom. The van der Waals surface area contributed by atoms with Crippen LogP contribution in [-0.2, 0) is 9.59 Å². The first-order valence-corrected chi connectivity index (χ1v) is 6.91. The zero-order valence-electron chi connectivity index (χ0n) is 12.2. The SMILES string of the molecule is CC(=O)N1CCN(C(=O)CC(N)c2ccccc2)CC1.Cl. The maximum atomic E-state index is 12.2. The molecule has 1 aromatic rings. The Morgan fingerprint density at radius 1 is 1.10 bits per heavy atom. The molecule has 0 bridgehead atoms. The molecule has 1 aromatic carbocycles. The number of hydrogen-bond acceptors (Lipinski definition) is 3. The molecule has 1 atom stereocenters. The van der Waals surface area contributed by atoms with Crippen molar-refractivity contribution in [1.82, 2.24) is 9.80 Å². The van der Waals surface area contributed by atoms with E-state index in [0.717, 1.165) is 5.56 Å². The largest absolute Gasteiger partial charge is 0.339 e. The van der Waals surface area contributed by atoms with E-state index in [-0.39, 0.29) is 30.3 Å². The lowest BCUT2D eigenvalue weighted by molar-refractivity contribution is -0.138. The third-order valence-corrected chi connectivity index (χ3v) is 3.70. The molecule has 0 radical (unpaired) electrons. The van der Waals surface area contributed by atoms with Gasteiger partial charge in [0.2, 0.25) is 11.8 Å². The zero-order chi connectivity index (χ0) is 14.5. The van der Waals surface area contributed by atoms with Crippen molar-refractivity contribution >= 4 is 24.2 Å². The normalized spacial score (nSPS) is 16.1. The Kier molecular flexibility index (Phi) is 6.65. The summed E-state index contributed by atoms with van der Waals surface area (Å²) in [6, 6.07) is 9.38. The summed E-state index contributed by atoms with van der Waals surface area (Å²) in [5.74, 6) is 0.127. The predicted molar refractivity (Wildman–Crippen MR) is 84.1 cm³/mol. The summed E-state index contributed by atoms with van der Waals surface area (Å²) in [4.78, 5) is 27.0. The van der Waals surface area contributed by atoms with E-state index in [1.807, 2.05) is 30.3 Å². The van der Waals surface area contributed by atoms with E-state index in [9.17, 15) is 9.59 Å². The Hall–Kier alpha value is -1.59. The fourth-order valence-corrected chi connectivity index (χ4v) is 2.41. The monoisotopic (exact) mass is 311 g/mol. The minimum absolute atomic E-state index is 0. The standard InChI is InChI=1S/C15H21N3O2.ClH/c1-12(19)17-7-9-18(10-8-17)15(20)11-14(16)13-5-3-2-4-6-13;/h2-6,14H,7-11,16H2,1H3;1H. The lowest BCUT2D eigenvalue weighted by Gasteiger charge is -2.34. The van der Waals surface area contributed by atoms with Gasteiger partial charge in [-0.1, -0.05) is 30.3 Å². The molecular weight excluding hydrogens is 290 g/mol. The van der Waals surface area contributed by atoms with Crippen LogP contribution in [0.2, 0.25) is 0 Å². The molecule has 1 aliphatic heterocycles. The van der Waals surface area contributed by atoms with Gasteiger partial charge in [-0.25, -0.2) is 0 Å². The molecule has 0 saturated carbocycles. The maximum Gasteiger partial charge on any atom is 0.224 e. The Bertz CT molecular complexity index is 473. The summed E-state index contributed by atoms with van der Waals surface area (Å²) in [6.07, 6.45) is 0.310. The summed E-state index contributed by atoms with van der Waals surface area (Å²) in [5.41, 5.74) is 7.04. The first-order chi connectivity index (χ1) is 9.58. The number of nitrogens with zero attached hydrogens (tertiary/aromatic N) is 2. The van der Waals surface area contributed by atoms with Gasteiger partial charge in [-0.2, -0.15) is 0 Å². The van der Waals surface area contributed by atoms with Crippen LogP contribution in [0, 0.1) is 0 Å². The number of halogens is 1. The molecule has 0 spiro atoms. The second kappa shape index (κ2) is 8.00. The third kappa shape index (κ3) is 4.72. The summed E-state index contributed by atoms with van der Waals surface area (Å²) in [5, 5.41) is 0. The molecular formula is C15H22ClN3O2. The van der Waals surface area contributed by atoms with Crippen LogP contribution in [0.5, 0.6) is 0 Å². The summed E-state index contributed by atoms with van der Waals surface area (Å²) < 4.78 is 0. The van der Waals surface area contributed by atoms with Crippen molar-refractivity contribution < 1.29 is 9.59 Å². The Labute approximate surface area is 131 Å². The number of carbonyl (C=O) groups excluding carboxylic acids is 2. The first-order valence-electron chi connectivity index (χ1n) is 6.91. The first kappa shape index (κ1) is 17.5. The van der Waals surface area contributed by atoms with Gasteiger partial charge < -0.3 is 15.5 Å². The highest BCUT2D eigenvalue weighted by Crippen LogP contribution is 2.15. The highest BCUT2D eigenvalue weighted by atomic mass is 35.5. The van der Waals surface area contributed by atoms with E-state index in [2.05, 4.69) is 0 Å². The topological polar surface area (TPSA) is 66.6 Å². The van der Waals surface area contributed by atoms with Gasteiger partial charge in [0, 0.05) is 45.6 Å². The number of amides is 2. The van der Waals surface area contributed by atoms with Gasteiger partial charge in [-0.3, -0.25) is 9.59 Å². The van der Waals surface area contributed by atoms with Gasteiger partial charge >= 0.3 is 0 Å². The fourth-order valence-electron chi connectivity index (χ4n) is 2.41. The van der Waals surface area contributed by atoms with Crippen molar-refractivity contribution in [3.05, 3.63) is 35.9 Å². The van der Waals surface area contributed by atoms with Gasteiger partial charge in [0.25, 0.3) is 0 Å². The van der Waals surface area contributed by atoms with Crippen molar-refractivity contribution in [2.45, 2.75) is 19.4 Å². The number of benzene rings is 1. The van der Waals surface area contributed by atoms with Crippen LogP contribution in [0.1, 0.15) is 24.9 Å². The van der Waals surface area contributed by atoms with E-state index in [1.165, 1.54) is 0 Å². The van der Waals surface area contributed by atoms with Crippen molar-refractivity contribution in [3.8, 4) is 0 Å². The molecule has 1 unspecified atom stereocenters. The van der Waals surface area contributed by atoms with Crippen LogP contribution >= 0.6 is 12.4 Å². The van der Waals surface area contributed by atoms with Crippen molar-refractivity contribution in [1.29, 1.82) is 0 Å². The van der Waals surface area contributed by atoms with E-state index < -0.39 is 0 Å². The van der Waals surface area contributed by atoms with Crippen LogP contribution in [0.3, 0.4) is 0 Å². The third-order valence-electron chi connectivity index (χ3n) is 3.70. The van der Waals surface area contributed by atoms with Crippen LogP contribution in [-0.4, -0.2) is 47.8 Å². The maximum absolute atomic E-state index is 12.2. The molecule has 2 N–H and O–H groups in total. The van der Waals surface area contributed by atoms with E-state index in [1.54, 1.807) is 16.7 Å². The molecule has 21 heavy (non-hydrogen) atoms. The summed E-state index contributed by atoms with van der Waals surface area (Å²) >= 11 is 0. The van der Waals surface area contributed by atoms with Crippen molar-refractivity contribution in [3.63, 3.8) is 0 Å². The molecule has 2 amide bonds. The van der Waals surface area contributed by atoms with Crippen LogP contribution < -0.4 is 5.73 Å². The molecule has 6 heteroatoms. The second-order valence-electron chi connectivity index (χ2n) is 5.11. The molecule has 1 fully saturated rings. The highest BCUT2D eigenvalue weighted by molar-refractivity contribution is 5.85. The van der Waals surface area contributed by atoms with Crippen LogP contribution in [0.15, 0.2) is 30.3 Å². The molecule has 0 aliphatic carbocycles. The minimum atomic E-state index is -0.269. The number of piperazine rings is 1. The average Bonchev–Trinajstić information content (AvgIpc) is 2.48. The van der Waals surface area contributed by atoms with E-state index in [4.69, 9.17) is 5.73 Å². The number of nitrogens with two attached hydrogens (primary N) is 1. The molecule has 1 saturated heterocycles. The second-order valence-corrected chi connectivity index (χ2v) is 5.11. The Balaban J connectivity index is 0.00000220. The molecule has 1 aliphatic rings. The Morgan fingerprint density at radius 3 is 2.14 bits per heavy atom. The van der Waals surface area contributed by atoms with Crippen molar-refractivity contribution in [2.24, 2.45) is 5.73 Å². The average molecular weight is 312 g/mol. The lowest BCUT2D eigenvalue weighted by Crippen LogP contribution is -2.50. The van der Waals surface area contributed by atoms with Crippen molar-refractivity contribution in [2.75, 3.05) is 26.2 Å². The quantitative estimate of drug-likeness (QED) is 0.912. The van der Waals surface area contributed by atoms with Gasteiger partial charge in [0.05, 0.1) is 0 Å². The minimum Gasteiger partial charge on any atom is -0.339 e. The zero-order valence-corrected chi connectivity index (χ0v) is 13.0. The lowest BCUT2D eigenvalue weighted by atomic mass is 10.0. The molecule has 5 nitrogen and oxygen atoms in total. The predicted octanol–water partition coefficient (Wildman–Crippen LogP) is 1.19. The van der Waals surface area contributed by atoms with Gasteiger partial charge in [-0.05, 0) is 5.56 Å². The molecule has 0 aromatic heterocycles. The molecule has 116 valence electrons. The van der Waals surface area contributed by atoms with E-state index in [0.29, 0.717) is 32.6 Å². The number of hydrogen-bond donors (Lipinski definition) is 1. The summed E-state index contributed by atoms with van der Waals surface area (Å²) in [7, 11) is 0. The number of carbonyl (C=O) groups is 2. The number of rotatable bonds is 3. The molecule has 2 rings (SSSR count). The molecule has 1 heterocycles. The van der Waals surface area contributed by atoms with Crippen LogP contribution in [0.4, 0.5) is 0 Å². The van der Waals surface area contributed by atoms with Crippen LogP contribution in [0.25, 0.3) is 0 Å². The van der Waals surface area contributed by atoms with Gasteiger partial charge in [-0.15, -0.1) is 12.4 Å². The van der Waals surface area contributed by atoms with Gasteiger partial charge in [0.15, 0.2) is 0 Å². The fraction of sp³-hybridized carbons (Fsp3) is 0.467. The van der Waals surface area contributed by atoms with E-state index >= 15 is 0 Å². The summed E-state index contributed by atoms with van der Waals surface area (Å²) in [6.45, 7) is 3.98.